The average molecular weight is 488 g/mol. The predicted octanol–water partition coefficient (Wildman–Crippen LogP) is 2.64. The van der Waals surface area contributed by atoms with Crippen molar-refractivity contribution in [1.82, 2.24) is 19.6 Å². The van der Waals surface area contributed by atoms with Gasteiger partial charge in [0.25, 0.3) is 0 Å². The maximum atomic E-state index is 13.3. The van der Waals surface area contributed by atoms with Crippen LogP contribution in [0.1, 0.15) is 26.7 Å². The van der Waals surface area contributed by atoms with Gasteiger partial charge in [0.05, 0.1) is 17.6 Å². The van der Waals surface area contributed by atoms with Gasteiger partial charge in [0.1, 0.15) is 17.6 Å². The molecular formula is C27H29N5O4. The summed E-state index contributed by atoms with van der Waals surface area (Å²) in [4.78, 5) is 44.8. The molecule has 3 N–H and O–H groups in total. The lowest BCUT2D eigenvalue weighted by molar-refractivity contribution is -0.143. The third-order valence-corrected chi connectivity index (χ3v) is 6.73. The first-order valence-corrected chi connectivity index (χ1v) is 12.2. The topological polar surface area (TPSA) is 119 Å². The number of rotatable bonds is 6. The summed E-state index contributed by atoms with van der Waals surface area (Å²) in [6, 6.07) is 11.8. The number of nitrogens with one attached hydrogen (secondary N) is 1. The summed E-state index contributed by atoms with van der Waals surface area (Å²) in [6.45, 7) is 4.00. The SMILES string of the molecule is CC(C)[C@H](NC(=O)[C@@H]1CCCN1C(=O)CN)C(=O)Oc1cccc2cc3cn4ccccc4c3nc12. The van der Waals surface area contributed by atoms with Crippen molar-refractivity contribution in [2.24, 2.45) is 11.7 Å². The van der Waals surface area contributed by atoms with Gasteiger partial charge in [-0.15, -0.1) is 0 Å². The van der Waals surface area contributed by atoms with Gasteiger partial charge in [0.2, 0.25) is 11.8 Å². The van der Waals surface area contributed by atoms with Gasteiger partial charge in [-0.3, -0.25) is 9.59 Å². The maximum Gasteiger partial charge on any atom is 0.334 e. The molecule has 0 radical (unpaired) electrons. The van der Waals surface area contributed by atoms with Crippen LogP contribution < -0.4 is 15.8 Å². The van der Waals surface area contributed by atoms with Crippen LogP contribution in [-0.4, -0.2) is 57.2 Å². The van der Waals surface area contributed by atoms with E-state index in [0.29, 0.717) is 30.7 Å². The third-order valence-electron chi connectivity index (χ3n) is 6.73. The molecule has 2 atom stereocenters. The lowest BCUT2D eigenvalue weighted by Gasteiger charge is -2.27. The van der Waals surface area contributed by atoms with Crippen LogP contribution in [0.3, 0.4) is 0 Å². The van der Waals surface area contributed by atoms with Crippen molar-refractivity contribution in [2.75, 3.05) is 13.1 Å². The molecule has 0 aliphatic carbocycles. The minimum atomic E-state index is -0.887. The summed E-state index contributed by atoms with van der Waals surface area (Å²) in [5, 5.41) is 4.64. The van der Waals surface area contributed by atoms with E-state index in [9.17, 15) is 14.4 Å². The number of pyridine rings is 2. The van der Waals surface area contributed by atoms with Crippen LogP contribution in [0.25, 0.3) is 27.3 Å². The second kappa shape index (κ2) is 9.58. The van der Waals surface area contributed by atoms with Gasteiger partial charge >= 0.3 is 5.97 Å². The summed E-state index contributed by atoms with van der Waals surface area (Å²) in [5.41, 5.74) is 7.83. The van der Waals surface area contributed by atoms with Crippen molar-refractivity contribution in [3.8, 4) is 5.75 Å². The molecule has 3 aromatic heterocycles. The molecule has 1 aromatic carbocycles. The van der Waals surface area contributed by atoms with E-state index < -0.39 is 18.1 Å². The Hall–Kier alpha value is -3.98. The van der Waals surface area contributed by atoms with E-state index in [2.05, 4.69) is 5.32 Å². The van der Waals surface area contributed by atoms with E-state index >= 15 is 0 Å². The van der Waals surface area contributed by atoms with Crippen molar-refractivity contribution in [3.63, 3.8) is 0 Å². The first-order chi connectivity index (χ1) is 17.4. The number of para-hydroxylation sites is 1. The van der Waals surface area contributed by atoms with Gasteiger partial charge in [-0.1, -0.05) is 32.0 Å². The molecule has 9 nitrogen and oxygen atoms in total. The van der Waals surface area contributed by atoms with Gasteiger partial charge in [0.15, 0.2) is 5.75 Å². The number of carbonyl (C=O) groups excluding carboxylic acids is 3. The Labute approximate surface area is 208 Å². The zero-order valence-electron chi connectivity index (χ0n) is 20.3. The lowest BCUT2D eigenvalue weighted by atomic mass is 10.0. The normalized spacial score (nSPS) is 16.7. The number of hydrogen-bond donors (Lipinski definition) is 2. The second-order valence-corrected chi connectivity index (χ2v) is 9.48. The summed E-state index contributed by atoms with van der Waals surface area (Å²) in [6.07, 6.45) is 5.23. The molecule has 0 bridgehead atoms. The molecule has 0 spiro atoms. The Morgan fingerprint density at radius 2 is 1.97 bits per heavy atom. The summed E-state index contributed by atoms with van der Waals surface area (Å²) >= 11 is 0. The Morgan fingerprint density at radius 3 is 2.75 bits per heavy atom. The van der Waals surface area contributed by atoms with Gasteiger partial charge in [0, 0.05) is 29.7 Å². The highest BCUT2D eigenvalue weighted by Gasteiger charge is 2.36. The molecular weight excluding hydrogens is 458 g/mol. The van der Waals surface area contributed by atoms with Gasteiger partial charge in [-0.2, -0.15) is 0 Å². The molecule has 1 aliphatic heterocycles. The molecule has 1 fully saturated rings. The maximum absolute atomic E-state index is 13.3. The fraction of sp³-hybridized carbons (Fsp3) is 0.333. The minimum absolute atomic E-state index is 0.155. The van der Waals surface area contributed by atoms with Crippen molar-refractivity contribution in [3.05, 3.63) is 54.9 Å². The van der Waals surface area contributed by atoms with E-state index in [4.69, 9.17) is 15.5 Å². The van der Waals surface area contributed by atoms with Gasteiger partial charge < -0.3 is 25.1 Å². The molecule has 9 heteroatoms. The third kappa shape index (κ3) is 4.26. The number of carbonyl (C=O) groups is 3. The van der Waals surface area contributed by atoms with Crippen LogP contribution in [0.2, 0.25) is 0 Å². The smallest absolute Gasteiger partial charge is 0.334 e. The number of benzene rings is 1. The van der Waals surface area contributed by atoms with Crippen LogP contribution in [0, 0.1) is 5.92 Å². The number of nitrogens with zero attached hydrogens (tertiary/aromatic N) is 3. The molecule has 2 amide bonds. The molecule has 4 aromatic rings. The van der Waals surface area contributed by atoms with Crippen molar-refractivity contribution in [2.45, 2.75) is 38.8 Å². The highest BCUT2D eigenvalue weighted by molar-refractivity contribution is 6.02. The molecule has 1 aliphatic rings. The second-order valence-electron chi connectivity index (χ2n) is 9.48. The largest absolute Gasteiger partial charge is 0.423 e. The molecule has 5 rings (SSSR count). The quantitative estimate of drug-likeness (QED) is 0.319. The molecule has 1 saturated heterocycles. The monoisotopic (exact) mass is 487 g/mol. The van der Waals surface area contributed by atoms with Crippen molar-refractivity contribution < 1.29 is 19.1 Å². The molecule has 4 heterocycles. The number of fused-ring (bicyclic) bond motifs is 4. The van der Waals surface area contributed by atoms with Crippen LogP contribution in [0.5, 0.6) is 5.75 Å². The average Bonchev–Trinajstić information content (AvgIpc) is 3.50. The lowest BCUT2D eigenvalue weighted by Crippen LogP contribution is -2.54. The zero-order chi connectivity index (χ0) is 25.4. The van der Waals surface area contributed by atoms with Crippen molar-refractivity contribution in [1.29, 1.82) is 0 Å². The predicted molar refractivity (Wildman–Crippen MR) is 136 cm³/mol. The Bertz CT molecular complexity index is 1480. The first kappa shape index (κ1) is 23.7. The Kier molecular flexibility index (Phi) is 6.32. The number of ether oxygens (including phenoxy) is 1. The molecule has 0 unspecified atom stereocenters. The number of amides is 2. The van der Waals surface area contributed by atoms with Crippen LogP contribution in [0.15, 0.2) is 54.9 Å². The molecule has 36 heavy (non-hydrogen) atoms. The van der Waals surface area contributed by atoms with Crippen LogP contribution in [-0.2, 0) is 14.4 Å². The van der Waals surface area contributed by atoms with E-state index in [1.54, 1.807) is 6.07 Å². The van der Waals surface area contributed by atoms with E-state index in [-0.39, 0.29) is 24.3 Å². The van der Waals surface area contributed by atoms with Gasteiger partial charge in [-0.05, 0) is 43.0 Å². The van der Waals surface area contributed by atoms with Gasteiger partial charge in [-0.25, -0.2) is 9.78 Å². The van der Waals surface area contributed by atoms with Crippen LogP contribution in [0.4, 0.5) is 0 Å². The fourth-order valence-electron chi connectivity index (χ4n) is 4.87. The fourth-order valence-corrected chi connectivity index (χ4v) is 4.87. The number of nitrogens with two attached hydrogens (primary N) is 1. The van der Waals surface area contributed by atoms with E-state index in [0.717, 1.165) is 21.8 Å². The molecule has 0 saturated carbocycles. The number of likely N-dealkylation sites (tertiary alicyclic amines) is 1. The minimum Gasteiger partial charge on any atom is -0.423 e. The highest BCUT2D eigenvalue weighted by Crippen LogP contribution is 2.30. The number of esters is 1. The first-order valence-electron chi connectivity index (χ1n) is 12.2. The summed E-state index contributed by atoms with van der Waals surface area (Å²) in [5.74, 6) is -1.13. The van der Waals surface area contributed by atoms with Crippen LogP contribution >= 0.6 is 0 Å². The zero-order valence-corrected chi connectivity index (χ0v) is 20.3. The Balaban J connectivity index is 1.42. The Morgan fingerprint density at radius 1 is 1.14 bits per heavy atom. The van der Waals surface area contributed by atoms with E-state index in [1.165, 1.54) is 4.90 Å². The summed E-state index contributed by atoms with van der Waals surface area (Å²) < 4.78 is 7.83. The standard InChI is InChI=1S/C27H29N5O4/c1-16(2)23(30-26(34)20-9-6-12-32(20)22(33)14-28)27(35)36-21-10-5-7-17-13-18-15-31-11-4-3-8-19(31)24(18)29-25(17)21/h3-5,7-8,10-11,13,15-16,20,23H,6,9,12,14,28H2,1-2H3,(H,30,34)/t20-,23-/m0/s1. The molecule has 186 valence electrons. The highest BCUT2D eigenvalue weighted by atomic mass is 16.5. The van der Waals surface area contributed by atoms with Crippen molar-refractivity contribution >= 4 is 45.1 Å². The summed E-state index contributed by atoms with van der Waals surface area (Å²) in [7, 11) is 0. The van der Waals surface area contributed by atoms with E-state index in [1.807, 2.05) is 67.0 Å². The number of hydrogen-bond acceptors (Lipinski definition) is 6. The number of aromatic nitrogens is 2.